The molecule has 21 heavy (non-hydrogen) atoms. The van der Waals surface area contributed by atoms with Crippen LogP contribution >= 0.6 is 0 Å². The number of carbonyl (C=O) groups is 1. The molecule has 0 bridgehead atoms. The van der Waals surface area contributed by atoms with Gasteiger partial charge in [-0.25, -0.2) is 4.98 Å². The first-order valence-electron chi connectivity index (χ1n) is 7.84. The Hall–Kier alpha value is -1.68. The second-order valence-corrected chi connectivity index (χ2v) is 6.11. The van der Waals surface area contributed by atoms with E-state index in [0.29, 0.717) is 24.7 Å². The van der Waals surface area contributed by atoms with E-state index in [1.807, 2.05) is 35.9 Å². The van der Waals surface area contributed by atoms with Gasteiger partial charge in [0.25, 0.3) is 0 Å². The van der Waals surface area contributed by atoms with Crippen molar-refractivity contribution in [1.29, 1.82) is 0 Å². The largest absolute Gasteiger partial charge is 0.331 e. The van der Waals surface area contributed by atoms with Gasteiger partial charge >= 0.3 is 0 Å². The second kappa shape index (κ2) is 5.98. The number of rotatable bonds is 4. The average Bonchev–Trinajstić information content (AvgIpc) is 2.84. The molecule has 1 aliphatic rings. The molecule has 3 rings (SSSR count). The fourth-order valence-corrected chi connectivity index (χ4v) is 3.55. The van der Waals surface area contributed by atoms with Gasteiger partial charge in [-0.2, -0.15) is 0 Å². The lowest BCUT2D eigenvalue weighted by molar-refractivity contribution is -0.124. The first-order valence-corrected chi connectivity index (χ1v) is 7.84. The molecule has 1 aromatic carbocycles. The van der Waals surface area contributed by atoms with Gasteiger partial charge in [-0.05, 0) is 37.4 Å². The van der Waals surface area contributed by atoms with Crippen molar-refractivity contribution in [2.24, 2.45) is 24.6 Å². The summed E-state index contributed by atoms with van der Waals surface area (Å²) < 4.78 is 2.04. The molecule has 0 saturated heterocycles. The fraction of sp³-hybridized carbons (Fsp3) is 0.529. The number of carbonyl (C=O) groups excluding carboxylic acids is 1. The van der Waals surface area contributed by atoms with Crippen LogP contribution in [0.15, 0.2) is 24.3 Å². The van der Waals surface area contributed by atoms with Gasteiger partial charge in [0.15, 0.2) is 0 Å². The van der Waals surface area contributed by atoms with E-state index in [9.17, 15) is 4.79 Å². The third-order valence-electron chi connectivity index (χ3n) is 4.84. The Bertz CT molecular complexity index is 647. The summed E-state index contributed by atoms with van der Waals surface area (Å²) in [6.45, 7) is 0.624. The quantitative estimate of drug-likeness (QED) is 0.938. The Morgan fingerprint density at radius 3 is 2.86 bits per heavy atom. The van der Waals surface area contributed by atoms with Crippen molar-refractivity contribution < 1.29 is 4.79 Å². The van der Waals surface area contributed by atoms with E-state index in [-0.39, 0.29) is 5.92 Å². The number of ketones is 1. The van der Waals surface area contributed by atoms with E-state index in [2.05, 4.69) is 4.98 Å². The van der Waals surface area contributed by atoms with Crippen molar-refractivity contribution in [2.75, 3.05) is 6.54 Å². The van der Waals surface area contributed by atoms with Crippen LogP contribution < -0.4 is 5.73 Å². The van der Waals surface area contributed by atoms with Crippen LogP contribution in [0.3, 0.4) is 0 Å². The van der Waals surface area contributed by atoms with Crippen LogP contribution in [-0.4, -0.2) is 21.9 Å². The summed E-state index contributed by atoms with van der Waals surface area (Å²) in [6, 6.07) is 8.01. The molecule has 1 fully saturated rings. The molecule has 1 saturated carbocycles. The zero-order chi connectivity index (χ0) is 14.8. The van der Waals surface area contributed by atoms with E-state index < -0.39 is 0 Å². The molecule has 0 aliphatic heterocycles. The van der Waals surface area contributed by atoms with Crippen LogP contribution in [0.4, 0.5) is 0 Å². The predicted octanol–water partition coefficient (Wildman–Crippen LogP) is 2.45. The van der Waals surface area contributed by atoms with Crippen LogP contribution in [0.5, 0.6) is 0 Å². The van der Waals surface area contributed by atoms with Crippen molar-refractivity contribution >= 4 is 16.8 Å². The van der Waals surface area contributed by atoms with E-state index >= 15 is 0 Å². The van der Waals surface area contributed by atoms with Crippen LogP contribution in [0.2, 0.25) is 0 Å². The monoisotopic (exact) mass is 285 g/mol. The zero-order valence-corrected chi connectivity index (χ0v) is 12.6. The van der Waals surface area contributed by atoms with Crippen LogP contribution in [0.1, 0.15) is 31.5 Å². The van der Waals surface area contributed by atoms with Gasteiger partial charge in [-0.1, -0.05) is 25.0 Å². The van der Waals surface area contributed by atoms with Gasteiger partial charge in [0.05, 0.1) is 17.5 Å². The molecule has 4 heteroatoms. The summed E-state index contributed by atoms with van der Waals surface area (Å²) in [6.07, 6.45) is 4.86. The van der Waals surface area contributed by atoms with E-state index in [4.69, 9.17) is 5.73 Å². The number of aromatic nitrogens is 2. The summed E-state index contributed by atoms with van der Waals surface area (Å²) in [5, 5.41) is 0. The Labute approximate surface area is 125 Å². The first-order chi connectivity index (χ1) is 10.2. The van der Waals surface area contributed by atoms with E-state index in [1.54, 1.807) is 0 Å². The minimum absolute atomic E-state index is 0.128. The Balaban J connectivity index is 1.81. The molecule has 2 aromatic rings. The van der Waals surface area contributed by atoms with Crippen molar-refractivity contribution in [3.63, 3.8) is 0 Å². The lowest BCUT2D eigenvalue weighted by atomic mass is 9.76. The number of hydrogen-bond acceptors (Lipinski definition) is 3. The second-order valence-electron chi connectivity index (χ2n) is 6.11. The Morgan fingerprint density at radius 1 is 1.33 bits per heavy atom. The number of nitrogens with two attached hydrogens (primary N) is 1. The number of fused-ring (bicyclic) bond motifs is 1. The molecule has 1 aromatic heterocycles. The fourth-order valence-electron chi connectivity index (χ4n) is 3.55. The summed E-state index contributed by atoms with van der Waals surface area (Å²) in [4.78, 5) is 17.3. The number of benzene rings is 1. The number of nitrogens with zero attached hydrogens (tertiary/aromatic N) is 2. The van der Waals surface area contributed by atoms with Crippen LogP contribution in [-0.2, 0) is 18.3 Å². The molecular formula is C17H23N3O. The molecule has 112 valence electrons. The maximum atomic E-state index is 12.7. The summed E-state index contributed by atoms with van der Waals surface area (Å²) in [5.74, 6) is 1.66. The number of Topliss-reactive ketones (excluding diaryl/α,β-unsaturated/α-hetero) is 1. The highest BCUT2D eigenvalue weighted by atomic mass is 16.1. The Kier molecular flexibility index (Phi) is 4.06. The topological polar surface area (TPSA) is 60.9 Å². The molecule has 2 atom stereocenters. The first kappa shape index (κ1) is 14.3. The third-order valence-corrected chi connectivity index (χ3v) is 4.84. The number of imidazole rings is 1. The minimum atomic E-state index is 0.128. The normalized spacial score (nSPS) is 22.6. The zero-order valence-electron chi connectivity index (χ0n) is 12.6. The molecule has 2 unspecified atom stereocenters. The standard InChI is InChI=1S/C17H23N3O/c1-20-15-9-5-4-8-14(15)19-17(20)10-16(21)13-7-3-2-6-12(13)11-18/h4-5,8-9,12-13H,2-3,6-7,10-11,18H2,1H3. The summed E-state index contributed by atoms with van der Waals surface area (Å²) >= 11 is 0. The SMILES string of the molecule is Cn1c(CC(=O)C2CCCCC2CN)nc2ccccc21. The number of para-hydroxylation sites is 2. The van der Waals surface area contributed by atoms with Crippen molar-refractivity contribution in [1.82, 2.24) is 9.55 Å². The number of aryl methyl sites for hydroxylation is 1. The van der Waals surface area contributed by atoms with Crippen LogP contribution in [0.25, 0.3) is 11.0 Å². The van der Waals surface area contributed by atoms with Gasteiger partial charge in [-0.3, -0.25) is 4.79 Å². The summed E-state index contributed by atoms with van der Waals surface area (Å²) in [5.41, 5.74) is 7.89. The molecular weight excluding hydrogens is 262 g/mol. The average molecular weight is 285 g/mol. The van der Waals surface area contributed by atoms with Gasteiger partial charge < -0.3 is 10.3 Å². The predicted molar refractivity (Wildman–Crippen MR) is 83.9 cm³/mol. The van der Waals surface area contributed by atoms with Crippen molar-refractivity contribution in [3.05, 3.63) is 30.1 Å². The molecule has 0 spiro atoms. The Morgan fingerprint density at radius 2 is 2.10 bits per heavy atom. The van der Waals surface area contributed by atoms with Gasteiger partial charge in [0.2, 0.25) is 0 Å². The maximum absolute atomic E-state index is 12.7. The highest BCUT2D eigenvalue weighted by molar-refractivity contribution is 5.84. The molecule has 0 radical (unpaired) electrons. The lowest BCUT2D eigenvalue weighted by Gasteiger charge is -2.29. The van der Waals surface area contributed by atoms with Gasteiger partial charge in [-0.15, -0.1) is 0 Å². The van der Waals surface area contributed by atoms with Gasteiger partial charge in [0, 0.05) is 13.0 Å². The smallest absolute Gasteiger partial charge is 0.143 e. The van der Waals surface area contributed by atoms with E-state index in [0.717, 1.165) is 36.1 Å². The van der Waals surface area contributed by atoms with Crippen molar-refractivity contribution in [3.8, 4) is 0 Å². The maximum Gasteiger partial charge on any atom is 0.143 e. The highest BCUT2D eigenvalue weighted by Gasteiger charge is 2.30. The highest BCUT2D eigenvalue weighted by Crippen LogP contribution is 2.31. The lowest BCUT2D eigenvalue weighted by Crippen LogP contribution is -2.33. The molecule has 4 nitrogen and oxygen atoms in total. The minimum Gasteiger partial charge on any atom is -0.331 e. The van der Waals surface area contributed by atoms with E-state index in [1.165, 1.54) is 6.42 Å². The van der Waals surface area contributed by atoms with Gasteiger partial charge in [0.1, 0.15) is 11.6 Å². The van der Waals surface area contributed by atoms with Crippen LogP contribution in [0, 0.1) is 11.8 Å². The van der Waals surface area contributed by atoms with Crippen molar-refractivity contribution in [2.45, 2.75) is 32.1 Å². The molecule has 1 aliphatic carbocycles. The summed E-state index contributed by atoms with van der Waals surface area (Å²) in [7, 11) is 1.99. The molecule has 0 amide bonds. The third kappa shape index (κ3) is 2.72. The molecule has 2 N–H and O–H groups in total. The number of hydrogen-bond donors (Lipinski definition) is 1. The molecule has 1 heterocycles.